The summed E-state index contributed by atoms with van der Waals surface area (Å²) in [5.41, 5.74) is 7.22. The van der Waals surface area contributed by atoms with Crippen LogP contribution < -0.4 is 16.4 Å². The summed E-state index contributed by atoms with van der Waals surface area (Å²) < 4.78 is 0. The Kier molecular flexibility index (Phi) is 8.10. The molecule has 0 aromatic heterocycles. The van der Waals surface area contributed by atoms with Gasteiger partial charge in [0, 0.05) is 12.1 Å². The van der Waals surface area contributed by atoms with Gasteiger partial charge in [-0.1, -0.05) is 46.8 Å². The van der Waals surface area contributed by atoms with E-state index in [4.69, 9.17) is 5.73 Å². The van der Waals surface area contributed by atoms with E-state index in [0.29, 0.717) is 18.7 Å². The summed E-state index contributed by atoms with van der Waals surface area (Å²) in [5, 5.41) is 5.73. The molecule has 0 spiro atoms. The number of amides is 2. The van der Waals surface area contributed by atoms with Crippen molar-refractivity contribution in [3.8, 4) is 0 Å². The molecule has 0 bridgehead atoms. The minimum absolute atomic E-state index is 0.00677. The Morgan fingerprint density at radius 2 is 1.68 bits per heavy atom. The molecular weight excluding hydrogens is 314 g/mol. The fourth-order valence-electron chi connectivity index (χ4n) is 2.47. The zero-order valence-electron chi connectivity index (χ0n) is 16.2. The number of rotatable bonds is 8. The lowest BCUT2D eigenvalue weighted by molar-refractivity contribution is -0.123. The summed E-state index contributed by atoms with van der Waals surface area (Å²) in [5.74, 6) is -0.366. The molecule has 1 aromatic carbocycles. The Balaban J connectivity index is 2.71. The molecule has 0 aliphatic carbocycles. The largest absolute Gasteiger partial charge is 0.354 e. The SMILES string of the molecule is CC(C)C(NC(=O)c1ccc(C(C)(C)C)cc1)C(=O)NCCCCN. The van der Waals surface area contributed by atoms with E-state index >= 15 is 0 Å². The second-order valence-corrected chi connectivity index (χ2v) is 7.81. The Bertz CT molecular complexity index is 559. The van der Waals surface area contributed by atoms with Gasteiger partial charge in [0.05, 0.1) is 0 Å². The Labute approximate surface area is 151 Å². The average molecular weight is 348 g/mol. The van der Waals surface area contributed by atoms with E-state index in [2.05, 4.69) is 31.4 Å². The number of carbonyl (C=O) groups excluding carboxylic acids is 2. The molecule has 25 heavy (non-hydrogen) atoms. The van der Waals surface area contributed by atoms with Crippen molar-refractivity contribution in [2.24, 2.45) is 11.7 Å². The van der Waals surface area contributed by atoms with Crippen molar-refractivity contribution in [2.75, 3.05) is 13.1 Å². The van der Waals surface area contributed by atoms with Crippen LogP contribution in [0.25, 0.3) is 0 Å². The number of nitrogens with one attached hydrogen (secondary N) is 2. The second-order valence-electron chi connectivity index (χ2n) is 7.81. The van der Waals surface area contributed by atoms with Crippen LogP contribution in [0.4, 0.5) is 0 Å². The molecule has 0 heterocycles. The minimum Gasteiger partial charge on any atom is -0.354 e. The zero-order valence-corrected chi connectivity index (χ0v) is 16.2. The van der Waals surface area contributed by atoms with Crippen molar-refractivity contribution in [1.29, 1.82) is 0 Å². The predicted molar refractivity (Wildman–Crippen MR) is 103 cm³/mol. The molecule has 0 radical (unpaired) electrons. The van der Waals surface area contributed by atoms with Crippen molar-refractivity contribution < 1.29 is 9.59 Å². The van der Waals surface area contributed by atoms with Gasteiger partial charge in [-0.25, -0.2) is 0 Å². The summed E-state index contributed by atoms with van der Waals surface area (Å²) in [4.78, 5) is 24.8. The van der Waals surface area contributed by atoms with Crippen LogP contribution in [-0.2, 0) is 10.2 Å². The fourth-order valence-corrected chi connectivity index (χ4v) is 2.47. The van der Waals surface area contributed by atoms with Gasteiger partial charge in [-0.05, 0) is 48.4 Å². The van der Waals surface area contributed by atoms with Crippen LogP contribution in [0.2, 0.25) is 0 Å². The first kappa shape index (κ1) is 21.2. The monoisotopic (exact) mass is 347 g/mol. The van der Waals surface area contributed by atoms with E-state index in [-0.39, 0.29) is 23.1 Å². The number of nitrogens with two attached hydrogens (primary N) is 1. The molecule has 1 atom stereocenters. The van der Waals surface area contributed by atoms with Crippen LogP contribution >= 0.6 is 0 Å². The summed E-state index contributed by atoms with van der Waals surface area (Å²) in [7, 11) is 0. The van der Waals surface area contributed by atoms with Gasteiger partial charge in [0.1, 0.15) is 6.04 Å². The first-order valence-electron chi connectivity index (χ1n) is 9.06. The number of benzene rings is 1. The predicted octanol–water partition coefficient (Wildman–Crippen LogP) is 2.59. The second kappa shape index (κ2) is 9.56. The van der Waals surface area contributed by atoms with E-state index < -0.39 is 6.04 Å². The third-order valence-electron chi connectivity index (χ3n) is 4.18. The standard InChI is InChI=1S/C20H33N3O2/c1-14(2)17(19(25)22-13-7-6-12-21)23-18(24)15-8-10-16(11-9-15)20(3,4)5/h8-11,14,17H,6-7,12-13,21H2,1-5H3,(H,22,25)(H,23,24). The van der Waals surface area contributed by atoms with Crippen LogP contribution in [0.15, 0.2) is 24.3 Å². The highest BCUT2D eigenvalue weighted by Gasteiger charge is 2.24. The molecule has 1 rings (SSSR count). The van der Waals surface area contributed by atoms with E-state index in [1.807, 2.05) is 38.1 Å². The lowest BCUT2D eigenvalue weighted by Crippen LogP contribution is -2.49. The maximum absolute atomic E-state index is 12.5. The van der Waals surface area contributed by atoms with Gasteiger partial charge in [-0.15, -0.1) is 0 Å². The zero-order chi connectivity index (χ0) is 19.0. The van der Waals surface area contributed by atoms with E-state index in [1.54, 1.807) is 0 Å². The quantitative estimate of drug-likeness (QED) is 0.632. The molecule has 2 amide bonds. The van der Waals surface area contributed by atoms with E-state index in [9.17, 15) is 9.59 Å². The number of hydrogen-bond acceptors (Lipinski definition) is 3. The Hall–Kier alpha value is -1.88. The molecule has 0 aliphatic rings. The topological polar surface area (TPSA) is 84.2 Å². The van der Waals surface area contributed by atoms with E-state index in [0.717, 1.165) is 12.8 Å². The van der Waals surface area contributed by atoms with Crippen LogP contribution in [0.5, 0.6) is 0 Å². The highest BCUT2D eigenvalue weighted by atomic mass is 16.2. The Morgan fingerprint density at radius 3 is 2.16 bits per heavy atom. The molecular formula is C20H33N3O2. The van der Waals surface area contributed by atoms with Crippen LogP contribution in [-0.4, -0.2) is 30.9 Å². The van der Waals surface area contributed by atoms with Crippen molar-refractivity contribution in [2.45, 2.75) is 58.9 Å². The van der Waals surface area contributed by atoms with Gasteiger partial charge < -0.3 is 16.4 Å². The van der Waals surface area contributed by atoms with E-state index in [1.165, 1.54) is 5.56 Å². The number of hydrogen-bond donors (Lipinski definition) is 3. The molecule has 5 heteroatoms. The van der Waals surface area contributed by atoms with Gasteiger partial charge in [0.2, 0.25) is 5.91 Å². The first-order chi connectivity index (χ1) is 11.7. The highest BCUT2D eigenvalue weighted by molar-refractivity contribution is 5.97. The van der Waals surface area contributed by atoms with Crippen molar-refractivity contribution in [1.82, 2.24) is 10.6 Å². The highest BCUT2D eigenvalue weighted by Crippen LogP contribution is 2.22. The molecule has 0 fully saturated rings. The van der Waals surface area contributed by atoms with Gasteiger partial charge in [-0.3, -0.25) is 9.59 Å². The van der Waals surface area contributed by atoms with Gasteiger partial charge in [-0.2, -0.15) is 0 Å². The molecule has 0 saturated carbocycles. The smallest absolute Gasteiger partial charge is 0.251 e. The van der Waals surface area contributed by atoms with Crippen LogP contribution in [0.3, 0.4) is 0 Å². The van der Waals surface area contributed by atoms with Gasteiger partial charge in [0.25, 0.3) is 5.91 Å². The average Bonchev–Trinajstić information content (AvgIpc) is 2.55. The number of unbranched alkanes of at least 4 members (excludes halogenated alkanes) is 1. The summed E-state index contributed by atoms with van der Waals surface area (Å²) in [6, 6.07) is 7.00. The van der Waals surface area contributed by atoms with Crippen molar-refractivity contribution in [3.63, 3.8) is 0 Å². The maximum atomic E-state index is 12.5. The summed E-state index contributed by atoms with van der Waals surface area (Å²) in [6.07, 6.45) is 1.72. The van der Waals surface area contributed by atoms with Crippen molar-refractivity contribution >= 4 is 11.8 Å². The first-order valence-corrected chi connectivity index (χ1v) is 9.06. The fraction of sp³-hybridized carbons (Fsp3) is 0.600. The summed E-state index contributed by atoms with van der Waals surface area (Å²) in [6.45, 7) is 11.4. The Morgan fingerprint density at radius 1 is 1.08 bits per heavy atom. The number of carbonyl (C=O) groups is 2. The summed E-state index contributed by atoms with van der Waals surface area (Å²) >= 11 is 0. The third-order valence-corrected chi connectivity index (χ3v) is 4.18. The molecule has 0 aliphatic heterocycles. The van der Waals surface area contributed by atoms with Crippen LogP contribution in [0.1, 0.15) is 63.4 Å². The molecule has 4 N–H and O–H groups in total. The molecule has 0 saturated heterocycles. The van der Waals surface area contributed by atoms with Crippen molar-refractivity contribution in [3.05, 3.63) is 35.4 Å². The third kappa shape index (κ3) is 6.86. The van der Waals surface area contributed by atoms with Gasteiger partial charge >= 0.3 is 0 Å². The minimum atomic E-state index is -0.548. The van der Waals surface area contributed by atoms with Gasteiger partial charge in [0.15, 0.2) is 0 Å². The normalized spacial score (nSPS) is 12.8. The molecule has 5 nitrogen and oxygen atoms in total. The lowest BCUT2D eigenvalue weighted by atomic mass is 9.86. The molecule has 1 unspecified atom stereocenters. The maximum Gasteiger partial charge on any atom is 0.251 e. The molecule has 140 valence electrons. The lowest BCUT2D eigenvalue weighted by Gasteiger charge is -2.22. The molecule has 1 aromatic rings. The van der Waals surface area contributed by atoms with Crippen LogP contribution in [0, 0.1) is 5.92 Å².